The van der Waals surface area contributed by atoms with E-state index < -0.39 is 33.8 Å². The molecular formula is C18H35F2N3O2S. The van der Waals surface area contributed by atoms with E-state index in [2.05, 4.69) is 18.7 Å². The molecule has 5 nitrogen and oxygen atoms in total. The number of hydrogen-bond donors (Lipinski definition) is 0. The van der Waals surface area contributed by atoms with Gasteiger partial charge in [0.25, 0.3) is 5.92 Å². The third-order valence-electron chi connectivity index (χ3n) is 5.94. The Hall–Kier alpha value is -0.310. The van der Waals surface area contributed by atoms with Gasteiger partial charge in [-0.3, -0.25) is 4.90 Å². The molecule has 0 aliphatic carbocycles. The maximum absolute atomic E-state index is 14.7. The molecule has 0 aromatic rings. The summed E-state index contributed by atoms with van der Waals surface area (Å²) in [6, 6.07) is -0.352. The third kappa shape index (κ3) is 4.94. The number of rotatable bonds is 6. The lowest BCUT2D eigenvalue weighted by Gasteiger charge is -2.44. The van der Waals surface area contributed by atoms with Crippen LogP contribution in [0.1, 0.15) is 47.0 Å². The number of likely N-dealkylation sites (tertiary alicyclic amines) is 1. The van der Waals surface area contributed by atoms with Gasteiger partial charge in [-0.2, -0.15) is 4.31 Å². The molecule has 2 rings (SSSR count). The van der Waals surface area contributed by atoms with Crippen molar-refractivity contribution in [2.45, 2.75) is 70.2 Å². The first-order valence-corrected chi connectivity index (χ1v) is 11.3. The molecule has 0 bridgehead atoms. The number of alkyl halides is 2. The van der Waals surface area contributed by atoms with Crippen LogP contribution in [0.2, 0.25) is 0 Å². The van der Waals surface area contributed by atoms with Gasteiger partial charge in [-0.15, -0.1) is 0 Å². The minimum Gasteiger partial charge on any atom is -0.301 e. The van der Waals surface area contributed by atoms with Crippen LogP contribution in [0.25, 0.3) is 0 Å². The predicted octanol–water partition coefficient (Wildman–Crippen LogP) is 2.49. The van der Waals surface area contributed by atoms with Gasteiger partial charge in [-0.1, -0.05) is 0 Å². The fraction of sp³-hybridized carbons (Fsp3) is 1.00. The van der Waals surface area contributed by atoms with Gasteiger partial charge in [0.15, 0.2) is 0 Å². The van der Waals surface area contributed by atoms with E-state index in [1.807, 2.05) is 0 Å². The lowest BCUT2D eigenvalue weighted by Crippen LogP contribution is -2.60. The van der Waals surface area contributed by atoms with Crippen LogP contribution >= 0.6 is 0 Å². The second-order valence-electron chi connectivity index (χ2n) is 8.51. The molecule has 2 saturated heterocycles. The fourth-order valence-corrected chi connectivity index (χ4v) is 5.45. The van der Waals surface area contributed by atoms with Crippen molar-refractivity contribution in [3.63, 3.8) is 0 Å². The summed E-state index contributed by atoms with van der Waals surface area (Å²) >= 11 is 0. The molecular weight excluding hydrogens is 360 g/mol. The van der Waals surface area contributed by atoms with Gasteiger partial charge in [0.2, 0.25) is 10.0 Å². The summed E-state index contributed by atoms with van der Waals surface area (Å²) in [6.07, 6.45) is 2.25. The molecule has 154 valence electrons. The Bertz CT molecular complexity index is 561. The fourth-order valence-electron chi connectivity index (χ4n) is 4.14. The van der Waals surface area contributed by atoms with E-state index in [1.165, 1.54) is 13.8 Å². The van der Waals surface area contributed by atoms with Crippen molar-refractivity contribution in [1.29, 1.82) is 0 Å². The Morgan fingerprint density at radius 3 is 2.12 bits per heavy atom. The van der Waals surface area contributed by atoms with Crippen molar-refractivity contribution in [2.24, 2.45) is 5.92 Å². The minimum atomic E-state index is -3.63. The first kappa shape index (κ1) is 22.0. The summed E-state index contributed by atoms with van der Waals surface area (Å²) in [5.41, 5.74) is 0. The van der Waals surface area contributed by atoms with Crippen LogP contribution in [0.5, 0.6) is 0 Å². The highest BCUT2D eigenvalue weighted by molar-refractivity contribution is 7.89. The smallest absolute Gasteiger partial charge is 0.276 e. The first-order chi connectivity index (χ1) is 11.9. The molecule has 2 fully saturated rings. The van der Waals surface area contributed by atoms with Crippen LogP contribution in [-0.2, 0) is 10.0 Å². The van der Waals surface area contributed by atoms with Crippen LogP contribution in [0.3, 0.4) is 0 Å². The van der Waals surface area contributed by atoms with E-state index in [-0.39, 0.29) is 13.0 Å². The van der Waals surface area contributed by atoms with Crippen molar-refractivity contribution in [3.8, 4) is 0 Å². The molecule has 0 aromatic heterocycles. The molecule has 26 heavy (non-hydrogen) atoms. The van der Waals surface area contributed by atoms with E-state index in [9.17, 15) is 17.2 Å². The number of halogens is 2. The zero-order chi connectivity index (χ0) is 19.7. The van der Waals surface area contributed by atoms with Crippen LogP contribution in [0.15, 0.2) is 0 Å². The summed E-state index contributed by atoms with van der Waals surface area (Å²) in [5.74, 6) is -2.59. The van der Waals surface area contributed by atoms with Crippen molar-refractivity contribution < 1.29 is 17.2 Å². The average molecular weight is 396 g/mol. The van der Waals surface area contributed by atoms with Crippen molar-refractivity contribution in [3.05, 3.63) is 0 Å². The molecule has 2 heterocycles. The normalized spacial score (nSPS) is 26.9. The van der Waals surface area contributed by atoms with Gasteiger partial charge < -0.3 is 4.90 Å². The highest BCUT2D eigenvalue weighted by atomic mass is 32.2. The molecule has 1 atom stereocenters. The second-order valence-corrected chi connectivity index (χ2v) is 11.0. The van der Waals surface area contributed by atoms with Gasteiger partial charge in [-0.05, 0) is 73.0 Å². The van der Waals surface area contributed by atoms with Crippen LogP contribution in [0.4, 0.5) is 8.78 Å². The van der Waals surface area contributed by atoms with E-state index in [0.29, 0.717) is 18.5 Å². The highest BCUT2D eigenvalue weighted by Gasteiger charge is 2.49. The number of nitrogens with zero attached hydrogens (tertiary/aromatic N) is 3. The predicted molar refractivity (Wildman–Crippen MR) is 101 cm³/mol. The second kappa shape index (κ2) is 8.37. The topological polar surface area (TPSA) is 43.9 Å². The van der Waals surface area contributed by atoms with Crippen LogP contribution < -0.4 is 0 Å². The van der Waals surface area contributed by atoms with Crippen molar-refractivity contribution in [1.82, 2.24) is 14.1 Å². The van der Waals surface area contributed by atoms with Gasteiger partial charge in [0.05, 0.1) is 17.8 Å². The van der Waals surface area contributed by atoms with Gasteiger partial charge in [0, 0.05) is 19.1 Å². The molecule has 0 N–H and O–H groups in total. The monoisotopic (exact) mass is 395 g/mol. The molecule has 2 aliphatic rings. The number of hydrogen-bond acceptors (Lipinski definition) is 4. The van der Waals surface area contributed by atoms with E-state index in [0.717, 1.165) is 30.2 Å². The summed E-state index contributed by atoms with van der Waals surface area (Å²) in [6.45, 7) is 9.63. The Kier molecular flexibility index (Phi) is 7.08. The van der Waals surface area contributed by atoms with Gasteiger partial charge in [0.1, 0.15) is 0 Å². The average Bonchev–Trinajstić information content (AvgIpc) is 2.53. The quantitative estimate of drug-likeness (QED) is 0.693. The van der Waals surface area contributed by atoms with Crippen molar-refractivity contribution >= 4 is 10.0 Å². The van der Waals surface area contributed by atoms with Crippen LogP contribution in [-0.4, -0.2) is 85.6 Å². The van der Waals surface area contributed by atoms with Crippen molar-refractivity contribution in [2.75, 3.05) is 39.8 Å². The zero-order valence-electron chi connectivity index (χ0n) is 16.8. The highest BCUT2D eigenvalue weighted by Crippen LogP contribution is 2.33. The molecule has 0 amide bonds. The summed E-state index contributed by atoms with van der Waals surface area (Å²) in [5, 5.41) is -0.668. The Labute approximate surface area is 157 Å². The molecule has 0 saturated carbocycles. The largest absolute Gasteiger partial charge is 0.301 e. The maximum atomic E-state index is 14.7. The lowest BCUT2D eigenvalue weighted by atomic mass is 9.93. The Morgan fingerprint density at radius 2 is 1.65 bits per heavy atom. The molecule has 8 heteroatoms. The molecule has 0 aromatic carbocycles. The third-order valence-corrected chi connectivity index (χ3v) is 8.16. The molecule has 1 unspecified atom stereocenters. The standard InChI is InChI=1S/C18H35F2N3O2S/c1-14(2)22-9-6-16(7-10-22)12-21(5)17-8-11-23(13-18(17,19)20)26(24,25)15(3)4/h14-17H,6-13H2,1-5H3. The molecule has 0 radical (unpaired) electrons. The SMILES string of the molecule is CC(C)N1CCC(CN(C)C2CCN(S(=O)(=O)C(C)C)CC2(F)F)CC1. The van der Waals surface area contributed by atoms with E-state index in [1.54, 1.807) is 11.9 Å². The lowest BCUT2D eigenvalue weighted by molar-refractivity contribution is -0.110. The summed E-state index contributed by atoms with van der Waals surface area (Å²) in [7, 11) is -1.87. The molecule has 0 spiro atoms. The summed E-state index contributed by atoms with van der Waals surface area (Å²) < 4.78 is 54.9. The Morgan fingerprint density at radius 1 is 1.08 bits per heavy atom. The molecule has 2 aliphatic heterocycles. The van der Waals surface area contributed by atoms with E-state index >= 15 is 0 Å². The van der Waals surface area contributed by atoms with Crippen LogP contribution in [0, 0.1) is 5.92 Å². The zero-order valence-corrected chi connectivity index (χ0v) is 17.6. The number of sulfonamides is 1. The Balaban J connectivity index is 1.93. The van der Waals surface area contributed by atoms with Gasteiger partial charge in [-0.25, -0.2) is 17.2 Å². The maximum Gasteiger partial charge on any atom is 0.276 e. The van der Waals surface area contributed by atoms with Gasteiger partial charge >= 0.3 is 0 Å². The number of piperidine rings is 2. The van der Waals surface area contributed by atoms with E-state index in [4.69, 9.17) is 0 Å². The first-order valence-electron chi connectivity index (χ1n) is 9.76. The summed E-state index contributed by atoms with van der Waals surface area (Å²) in [4.78, 5) is 4.20. The minimum absolute atomic E-state index is 0.177.